The largest absolute Gasteiger partial charge is 0.338 e. The van der Waals surface area contributed by atoms with Crippen molar-refractivity contribution >= 4 is 29.3 Å². The SMILES string of the molecule is CCc1ccc(-c2cc(NC(=O)Cc3c(C)nc4nc(SC)nn4c3C)on2)cc1. The first-order valence-corrected chi connectivity index (χ1v) is 10.8. The number of carbonyl (C=O) groups excluding carboxylic acids is 1. The molecule has 4 aromatic rings. The van der Waals surface area contributed by atoms with Gasteiger partial charge in [-0.3, -0.25) is 10.1 Å². The minimum Gasteiger partial charge on any atom is -0.338 e. The molecule has 0 saturated heterocycles. The molecule has 0 radical (unpaired) electrons. The number of aryl methyl sites for hydroxylation is 3. The van der Waals surface area contributed by atoms with Crippen LogP contribution in [0.25, 0.3) is 17.0 Å². The number of carbonyl (C=O) groups is 1. The van der Waals surface area contributed by atoms with Crippen LogP contribution >= 0.6 is 11.8 Å². The van der Waals surface area contributed by atoms with Gasteiger partial charge < -0.3 is 4.52 Å². The predicted octanol–water partition coefficient (Wildman–Crippen LogP) is 3.86. The Morgan fingerprint density at radius 1 is 1.20 bits per heavy atom. The Hall–Kier alpha value is -3.20. The third-order valence-electron chi connectivity index (χ3n) is 4.98. The second-order valence-corrected chi connectivity index (χ2v) is 7.70. The maximum atomic E-state index is 12.6. The fraction of sp³-hybridized carbons (Fsp3) is 0.286. The number of nitrogens with one attached hydrogen (secondary N) is 1. The van der Waals surface area contributed by atoms with E-state index in [1.165, 1.54) is 17.3 Å². The lowest BCUT2D eigenvalue weighted by Gasteiger charge is -2.09. The molecule has 0 spiro atoms. The molecule has 0 atom stereocenters. The van der Waals surface area contributed by atoms with Crippen LogP contribution in [0.5, 0.6) is 0 Å². The van der Waals surface area contributed by atoms with E-state index >= 15 is 0 Å². The van der Waals surface area contributed by atoms with Gasteiger partial charge in [0, 0.05) is 28.6 Å². The lowest BCUT2D eigenvalue weighted by molar-refractivity contribution is -0.115. The van der Waals surface area contributed by atoms with Crippen molar-refractivity contribution in [3.8, 4) is 11.3 Å². The molecule has 30 heavy (non-hydrogen) atoms. The number of amides is 1. The van der Waals surface area contributed by atoms with Crippen LogP contribution in [0.3, 0.4) is 0 Å². The van der Waals surface area contributed by atoms with Crippen molar-refractivity contribution in [3.63, 3.8) is 0 Å². The van der Waals surface area contributed by atoms with Gasteiger partial charge in [0.25, 0.3) is 5.78 Å². The van der Waals surface area contributed by atoms with Crippen molar-refractivity contribution in [2.75, 3.05) is 11.6 Å². The first-order chi connectivity index (χ1) is 14.5. The van der Waals surface area contributed by atoms with E-state index in [0.717, 1.165) is 28.9 Å². The smallest absolute Gasteiger partial charge is 0.253 e. The van der Waals surface area contributed by atoms with Crippen molar-refractivity contribution in [1.82, 2.24) is 24.7 Å². The fourth-order valence-corrected chi connectivity index (χ4v) is 3.59. The average molecular weight is 423 g/mol. The topological polar surface area (TPSA) is 98.2 Å². The summed E-state index contributed by atoms with van der Waals surface area (Å²) in [4.78, 5) is 21.5. The molecule has 1 N–H and O–H groups in total. The molecule has 0 aliphatic rings. The van der Waals surface area contributed by atoms with E-state index in [-0.39, 0.29) is 12.3 Å². The standard InChI is InChI=1S/C21H22N6O2S/c1-5-14-6-8-15(9-7-14)17-11-19(29-26-17)23-18(28)10-16-12(2)22-20-24-21(30-4)25-27(20)13(16)3/h6-9,11H,5,10H2,1-4H3,(H,23,28). The van der Waals surface area contributed by atoms with Crippen LogP contribution in [0, 0.1) is 13.8 Å². The summed E-state index contributed by atoms with van der Waals surface area (Å²) in [6.45, 7) is 5.89. The number of nitrogens with zero attached hydrogens (tertiary/aromatic N) is 5. The second-order valence-electron chi connectivity index (χ2n) is 6.92. The molecule has 0 saturated carbocycles. The molecule has 154 valence electrons. The van der Waals surface area contributed by atoms with Gasteiger partial charge in [-0.25, -0.2) is 9.50 Å². The van der Waals surface area contributed by atoms with Crippen LogP contribution in [0.4, 0.5) is 5.88 Å². The monoisotopic (exact) mass is 422 g/mol. The number of hydrogen-bond donors (Lipinski definition) is 1. The number of rotatable bonds is 6. The highest BCUT2D eigenvalue weighted by molar-refractivity contribution is 7.98. The van der Waals surface area contributed by atoms with Crippen molar-refractivity contribution in [2.24, 2.45) is 0 Å². The van der Waals surface area contributed by atoms with Crippen molar-refractivity contribution in [2.45, 2.75) is 38.8 Å². The summed E-state index contributed by atoms with van der Waals surface area (Å²) < 4.78 is 6.98. The van der Waals surface area contributed by atoms with Gasteiger partial charge in [0.1, 0.15) is 5.69 Å². The molecule has 3 aromatic heterocycles. The number of fused-ring (bicyclic) bond motifs is 1. The quantitative estimate of drug-likeness (QED) is 0.471. The molecule has 8 nitrogen and oxygen atoms in total. The molecule has 0 bridgehead atoms. The van der Waals surface area contributed by atoms with Gasteiger partial charge >= 0.3 is 0 Å². The summed E-state index contributed by atoms with van der Waals surface area (Å²) in [5, 5.41) is 11.9. The molecular weight excluding hydrogens is 400 g/mol. The first-order valence-electron chi connectivity index (χ1n) is 9.61. The Labute approximate surface area is 178 Å². The Morgan fingerprint density at radius 2 is 1.97 bits per heavy atom. The zero-order valence-corrected chi connectivity index (χ0v) is 18.1. The van der Waals surface area contributed by atoms with Gasteiger partial charge in [-0.05, 0) is 32.1 Å². The van der Waals surface area contributed by atoms with Crippen LogP contribution < -0.4 is 5.32 Å². The number of aromatic nitrogens is 5. The number of benzene rings is 1. The molecule has 0 aliphatic heterocycles. The molecule has 0 unspecified atom stereocenters. The van der Waals surface area contributed by atoms with Crippen LogP contribution in [0.1, 0.15) is 29.4 Å². The Balaban J connectivity index is 1.50. The van der Waals surface area contributed by atoms with Gasteiger partial charge in [-0.15, -0.1) is 5.10 Å². The average Bonchev–Trinajstić information content (AvgIpc) is 3.38. The zero-order valence-electron chi connectivity index (χ0n) is 17.3. The van der Waals surface area contributed by atoms with Crippen LogP contribution in [-0.4, -0.2) is 36.9 Å². The van der Waals surface area contributed by atoms with Crippen molar-refractivity contribution < 1.29 is 9.32 Å². The van der Waals surface area contributed by atoms with E-state index in [2.05, 4.69) is 44.6 Å². The highest BCUT2D eigenvalue weighted by Crippen LogP contribution is 2.23. The summed E-state index contributed by atoms with van der Waals surface area (Å²) in [6, 6.07) is 9.84. The summed E-state index contributed by atoms with van der Waals surface area (Å²) in [5.41, 5.74) is 5.28. The third kappa shape index (κ3) is 3.93. The van der Waals surface area contributed by atoms with E-state index in [9.17, 15) is 4.79 Å². The van der Waals surface area contributed by atoms with E-state index in [0.29, 0.717) is 22.5 Å². The molecule has 1 amide bonds. The number of anilines is 1. The minimum absolute atomic E-state index is 0.149. The van der Waals surface area contributed by atoms with E-state index in [1.54, 1.807) is 10.6 Å². The van der Waals surface area contributed by atoms with Gasteiger partial charge in [-0.1, -0.05) is 48.1 Å². The van der Waals surface area contributed by atoms with E-state index in [1.807, 2.05) is 32.2 Å². The Bertz CT molecular complexity index is 1210. The maximum Gasteiger partial charge on any atom is 0.253 e. The lowest BCUT2D eigenvalue weighted by atomic mass is 10.1. The molecule has 1 aromatic carbocycles. The third-order valence-corrected chi connectivity index (χ3v) is 5.52. The molecule has 0 aliphatic carbocycles. The highest BCUT2D eigenvalue weighted by Gasteiger charge is 2.17. The van der Waals surface area contributed by atoms with Crippen LogP contribution in [0.15, 0.2) is 40.0 Å². The predicted molar refractivity (Wildman–Crippen MR) is 116 cm³/mol. The fourth-order valence-electron chi connectivity index (χ4n) is 3.26. The van der Waals surface area contributed by atoms with E-state index in [4.69, 9.17) is 4.52 Å². The highest BCUT2D eigenvalue weighted by atomic mass is 32.2. The maximum absolute atomic E-state index is 12.6. The van der Waals surface area contributed by atoms with Crippen molar-refractivity contribution in [1.29, 1.82) is 0 Å². The lowest BCUT2D eigenvalue weighted by Crippen LogP contribution is -2.17. The molecule has 3 heterocycles. The summed E-state index contributed by atoms with van der Waals surface area (Å²) in [5.74, 6) is 0.633. The van der Waals surface area contributed by atoms with Gasteiger partial charge in [0.2, 0.25) is 16.9 Å². The van der Waals surface area contributed by atoms with E-state index < -0.39 is 0 Å². The normalized spacial score (nSPS) is 11.2. The molecule has 0 fully saturated rings. The van der Waals surface area contributed by atoms with Gasteiger partial charge in [0.15, 0.2) is 0 Å². The first kappa shape index (κ1) is 20.1. The Kier molecular flexibility index (Phi) is 5.54. The van der Waals surface area contributed by atoms with Crippen LogP contribution in [0.2, 0.25) is 0 Å². The van der Waals surface area contributed by atoms with Gasteiger partial charge in [0.05, 0.1) is 6.42 Å². The molecule has 9 heteroatoms. The van der Waals surface area contributed by atoms with Crippen LogP contribution in [-0.2, 0) is 17.6 Å². The second kappa shape index (κ2) is 8.27. The summed E-state index contributed by atoms with van der Waals surface area (Å²) in [7, 11) is 0. The Morgan fingerprint density at radius 3 is 2.67 bits per heavy atom. The minimum atomic E-state index is -0.211. The zero-order chi connectivity index (χ0) is 21.3. The van der Waals surface area contributed by atoms with Gasteiger partial charge in [-0.2, -0.15) is 4.98 Å². The number of hydrogen-bond acceptors (Lipinski definition) is 7. The summed E-state index contributed by atoms with van der Waals surface area (Å²) in [6.07, 6.45) is 3.04. The molecule has 4 rings (SSSR count). The van der Waals surface area contributed by atoms with Crippen molar-refractivity contribution in [3.05, 3.63) is 52.8 Å². The summed E-state index contributed by atoms with van der Waals surface area (Å²) >= 11 is 1.45. The number of thioether (sulfide) groups is 1. The molecular formula is C21H22N6O2S.